The quantitative estimate of drug-likeness (QED) is 0.458. The van der Waals surface area contributed by atoms with E-state index < -0.39 is 11.6 Å². The van der Waals surface area contributed by atoms with E-state index >= 15 is 0 Å². The van der Waals surface area contributed by atoms with Crippen molar-refractivity contribution in [2.24, 2.45) is 0 Å². The van der Waals surface area contributed by atoms with Gasteiger partial charge in [0.15, 0.2) is 5.69 Å². The Labute approximate surface area is 158 Å². The van der Waals surface area contributed by atoms with E-state index in [4.69, 9.17) is 0 Å². The highest BCUT2D eigenvalue weighted by molar-refractivity contribution is 8.08. The average Bonchev–Trinajstić information content (AvgIpc) is 3.22. The highest BCUT2D eigenvalue weighted by Gasteiger charge is 2.44. The number of quaternary nitrogens is 1. The summed E-state index contributed by atoms with van der Waals surface area (Å²) < 4.78 is 28.3. The first kappa shape index (κ1) is 17.1. The van der Waals surface area contributed by atoms with E-state index in [-0.39, 0.29) is 9.56 Å². The topological polar surface area (TPSA) is 29.0 Å². The van der Waals surface area contributed by atoms with Crippen molar-refractivity contribution in [3.05, 3.63) is 76.9 Å². The number of aromatic nitrogens is 2. The molecule has 0 radical (unpaired) electrons. The molecule has 4 rings (SSSR count). The molecule has 1 aliphatic rings. The molecule has 0 bridgehead atoms. The Hall–Kier alpha value is -2.29. The molecule has 0 N–H and O–H groups in total. The summed E-state index contributed by atoms with van der Waals surface area (Å²) in [7, 11) is 1.98. The van der Waals surface area contributed by atoms with Crippen LogP contribution in [0.1, 0.15) is 10.6 Å². The zero-order valence-corrected chi connectivity index (χ0v) is 15.7. The second kappa shape index (κ2) is 6.46. The number of para-hydroxylation sites is 1. The molecule has 0 saturated heterocycles. The molecule has 8 heteroatoms. The van der Waals surface area contributed by atoms with Crippen LogP contribution in [-0.2, 0) is 0 Å². The Morgan fingerprint density at radius 1 is 1.04 bits per heavy atom. The summed E-state index contributed by atoms with van der Waals surface area (Å²) in [6, 6.07) is 13.3. The van der Waals surface area contributed by atoms with Crippen molar-refractivity contribution in [3.8, 4) is 0 Å². The highest BCUT2D eigenvalue weighted by atomic mass is 32.2. The van der Waals surface area contributed by atoms with E-state index in [2.05, 4.69) is 10.2 Å². The maximum absolute atomic E-state index is 14.3. The number of nitrogens with zero attached hydrogens (tertiary/aromatic N) is 4. The summed E-state index contributed by atoms with van der Waals surface area (Å²) in [5.74, 6) is -0.929. The van der Waals surface area contributed by atoms with E-state index in [9.17, 15) is 8.78 Å². The zero-order chi connectivity index (χ0) is 18.3. The molecule has 2 heterocycles. The van der Waals surface area contributed by atoms with Crippen LogP contribution in [0.5, 0.6) is 0 Å². The van der Waals surface area contributed by atoms with Crippen LogP contribution in [0, 0.1) is 18.6 Å². The smallest absolute Gasteiger partial charge is 0.207 e. The van der Waals surface area contributed by atoms with E-state index in [0.717, 1.165) is 22.8 Å². The summed E-state index contributed by atoms with van der Waals surface area (Å²) in [4.78, 5) is 0.626. The standard InChI is InChI=1S/C18H15F2N4S2/c1-12-21-22-18(25-12)23-11-17(15-10-13(19)8-9-16(15)20)26-24(23,2)14-6-4-3-5-7-14/h3-11H,1-2H3/q+1. The molecule has 1 aliphatic heterocycles. The highest BCUT2D eigenvalue weighted by Crippen LogP contribution is 2.49. The van der Waals surface area contributed by atoms with Gasteiger partial charge < -0.3 is 0 Å². The van der Waals surface area contributed by atoms with E-state index in [1.54, 1.807) is 6.20 Å². The molecule has 132 valence electrons. The van der Waals surface area contributed by atoms with E-state index in [1.807, 2.05) is 49.3 Å². The van der Waals surface area contributed by atoms with Crippen molar-refractivity contribution in [3.63, 3.8) is 0 Å². The summed E-state index contributed by atoms with van der Waals surface area (Å²) >= 11 is 2.86. The van der Waals surface area contributed by atoms with Crippen LogP contribution in [0.4, 0.5) is 19.6 Å². The third-order valence-electron chi connectivity index (χ3n) is 4.07. The van der Waals surface area contributed by atoms with Gasteiger partial charge in [0, 0.05) is 17.7 Å². The van der Waals surface area contributed by atoms with Crippen molar-refractivity contribution >= 4 is 39.0 Å². The number of anilines is 1. The maximum Gasteiger partial charge on any atom is 0.261 e. The third kappa shape index (κ3) is 2.90. The second-order valence-corrected chi connectivity index (χ2v) is 8.37. The molecule has 1 unspecified atom stereocenters. The number of halogens is 2. The molecule has 0 aliphatic carbocycles. The van der Waals surface area contributed by atoms with Crippen molar-refractivity contribution in [1.82, 2.24) is 14.2 Å². The first-order valence-corrected chi connectivity index (χ1v) is 9.45. The molecular formula is C18H15F2N4S2+. The van der Waals surface area contributed by atoms with Gasteiger partial charge in [-0.1, -0.05) is 29.5 Å². The maximum atomic E-state index is 14.3. The van der Waals surface area contributed by atoms with Crippen molar-refractivity contribution < 1.29 is 8.78 Å². The molecule has 0 saturated carbocycles. The fourth-order valence-electron chi connectivity index (χ4n) is 2.76. The van der Waals surface area contributed by atoms with Gasteiger partial charge in [-0.15, -0.1) is 14.2 Å². The Morgan fingerprint density at radius 2 is 1.81 bits per heavy atom. The summed E-state index contributed by atoms with van der Waals surface area (Å²) in [6.07, 6.45) is 1.80. The number of rotatable bonds is 3. The van der Waals surface area contributed by atoms with Gasteiger partial charge in [0.05, 0.1) is 6.20 Å². The van der Waals surface area contributed by atoms with Crippen LogP contribution in [0.3, 0.4) is 0 Å². The molecular weight excluding hydrogens is 374 g/mol. The second-order valence-electron chi connectivity index (χ2n) is 5.87. The summed E-state index contributed by atoms with van der Waals surface area (Å²) in [5.41, 5.74) is 1.22. The number of aryl methyl sites for hydroxylation is 1. The summed E-state index contributed by atoms with van der Waals surface area (Å²) in [6.45, 7) is 1.88. The first-order valence-electron chi connectivity index (χ1n) is 7.86. The van der Waals surface area contributed by atoms with Gasteiger partial charge in [-0.05, 0) is 25.1 Å². The fourth-order valence-corrected chi connectivity index (χ4v) is 4.78. The average molecular weight is 389 g/mol. The minimum atomic E-state index is -0.470. The van der Waals surface area contributed by atoms with Gasteiger partial charge in [0.2, 0.25) is 0 Å². The fraction of sp³-hybridized carbons (Fsp3) is 0.111. The third-order valence-corrected chi connectivity index (χ3v) is 6.16. The van der Waals surface area contributed by atoms with Crippen LogP contribution < -0.4 is 9.01 Å². The number of hydrogen-bond acceptors (Lipinski definition) is 5. The lowest BCUT2D eigenvalue weighted by atomic mass is 10.2. The van der Waals surface area contributed by atoms with Crippen LogP contribution in [-0.4, -0.2) is 17.2 Å². The van der Waals surface area contributed by atoms with E-state index in [0.29, 0.717) is 10.0 Å². The predicted octanol–water partition coefficient (Wildman–Crippen LogP) is 5.14. The largest absolute Gasteiger partial charge is 0.261 e. The van der Waals surface area contributed by atoms with Gasteiger partial charge in [0.1, 0.15) is 40.5 Å². The first-order chi connectivity index (χ1) is 12.5. The lowest BCUT2D eigenvalue weighted by Gasteiger charge is -2.32. The van der Waals surface area contributed by atoms with Gasteiger partial charge in [-0.25, -0.2) is 8.78 Å². The molecule has 4 nitrogen and oxygen atoms in total. The minimum absolute atomic E-state index is 0.235. The van der Waals surface area contributed by atoms with Crippen molar-refractivity contribution in [1.29, 1.82) is 0 Å². The normalized spacial score (nSPS) is 19.7. The van der Waals surface area contributed by atoms with Gasteiger partial charge >= 0.3 is 0 Å². The van der Waals surface area contributed by atoms with Crippen LogP contribution in [0.25, 0.3) is 4.91 Å². The van der Waals surface area contributed by atoms with Gasteiger partial charge in [-0.2, -0.15) is 5.01 Å². The number of benzene rings is 2. The molecule has 0 amide bonds. The minimum Gasteiger partial charge on any atom is -0.207 e. The van der Waals surface area contributed by atoms with Crippen LogP contribution in [0.15, 0.2) is 54.7 Å². The zero-order valence-electron chi connectivity index (χ0n) is 14.1. The number of hydrogen-bond donors (Lipinski definition) is 0. The van der Waals surface area contributed by atoms with Crippen LogP contribution in [0.2, 0.25) is 0 Å². The Bertz CT molecular complexity index is 990. The molecule has 1 aromatic heterocycles. The van der Waals surface area contributed by atoms with Crippen molar-refractivity contribution in [2.45, 2.75) is 6.92 Å². The Morgan fingerprint density at radius 3 is 2.50 bits per heavy atom. The molecule has 2 aromatic carbocycles. The molecule has 3 aromatic rings. The van der Waals surface area contributed by atoms with Crippen LogP contribution >= 0.6 is 23.3 Å². The SMILES string of the molecule is Cc1nnc(N2C=C(c3cc(F)ccc3F)S[N+]2(C)c2ccccc2)s1. The van der Waals surface area contributed by atoms with Gasteiger partial charge in [-0.3, -0.25) is 0 Å². The lowest BCUT2D eigenvalue weighted by molar-refractivity contribution is 0.562. The Kier molecular flexibility index (Phi) is 4.26. The summed E-state index contributed by atoms with van der Waals surface area (Å²) in [5, 5.41) is 11.8. The predicted molar refractivity (Wildman–Crippen MR) is 103 cm³/mol. The lowest BCUT2D eigenvalue weighted by Crippen LogP contribution is -2.48. The molecule has 1 atom stereocenters. The van der Waals surface area contributed by atoms with E-state index in [1.165, 1.54) is 29.4 Å². The monoisotopic (exact) mass is 389 g/mol. The van der Waals surface area contributed by atoms with Gasteiger partial charge in [0.25, 0.3) is 5.13 Å². The van der Waals surface area contributed by atoms with Crippen molar-refractivity contribution in [2.75, 3.05) is 12.1 Å². The molecule has 0 fully saturated rings. The molecule has 0 spiro atoms. The molecule has 26 heavy (non-hydrogen) atoms. The Balaban J connectivity index is 1.85.